The molecule has 1 aromatic rings. The van der Waals surface area contributed by atoms with Gasteiger partial charge < -0.3 is 4.74 Å². The molecule has 0 spiro atoms. The normalized spacial score (nSPS) is 10.3. The first kappa shape index (κ1) is 13.7. The van der Waals surface area contributed by atoms with Gasteiger partial charge in [-0.2, -0.15) is 9.78 Å². The van der Waals surface area contributed by atoms with Gasteiger partial charge in [-0.25, -0.2) is 4.79 Å². The monoisotopic (exact) mass is 212 g/mol. The molecule has 1 heterocycles. The summed E-state index contributed by atoms with van der Waals surface area (Å²) < 4.78 is 6.29. The van der Waals surface area contributed by atoms with Crippen molar-refractivity contribution in [1.29, 1.82) is 0 Å². The Morgan fingerprint density at radius 3 is 2.27 bits per heavy atom. The first-order chi connectivity index (χ1) is 6.88. The van der Waals surface area contributed by atoms with Crippen LogP contribution < -0.4 is 0 Å². The third kappa shape index (κ3) is 5.20. The molecule has 0 unspecified atom stereocenters. The lowest BCUT2D eigenvalue weighted by atomic mass is 10.2. The van der Waals surface area contributed by atoms with E-state index in [4.69, 9.17) is 4.74 Å². The fourth-order valence-corrected chi connectivity index (χ4v) is 0.821. The third-order valence-corrected chi connectivity index (χ3v) is 1.29. The zero-order chi connectivity index (χ0) is 12.1. The van der Waals surface area contributed by atoms with Crippen LogP contribution in [0.5, 0.6) is 0 Å². The molecule has 15 heavy (non-hydrogen) atoms. The SMILES string of the molecule is CC.Cc1cnn(C(=O)OC(C)(C)C)c1. The first-order valence-electron chi connectivity index (χ1n) is 5.13. The number of aryl methyl sites for hydroxylation is 1. The number of hydrogen-bond acceptors (Lipinski definition) is 3. The number of rotatable bonds is 0. The van der Waals surface area contributed by atoms with Crippen molar-refractivity contribution in [2.45, 2.75) is 47.1 Å². The second kappa shape index (κ2) is 5.53. The second-order valence-corrected chi connectivity index (χ2v) is 3.94. The van der Waals surface area contributed by atoms with Crippen LogP contribution in [0.2, 0.25) is 0 Å². The molecule has 0 aliphatic rings. The molecule has 86 valence electrons. The zero-order valence-electron chi connectivity index (χ0n) is 10.4. The fourth-order valence-electron chi connectivity index (χ4n) is 0.821. The quantitative estimate of drug-likeness (QED) is 0.664. The Kier molecular flexibility index (Phi) is 5.05. The summed E-state index contributed by atoms with van der Waals surface area (Å²) in [6.07, 6.45) is 2.80. The molecule has 0 aliphatic carbocycles. The van der Waals surface area contributed by atoms with E-state index in [0.29, 0.717) is 0 Å². The highest BCUT2D eigenvalue weighted by Gasteiger charge is 2.17. The lowest BCUT2D eigenvalue weighted by Crippen LogP contribution is -2.27. The molecule has 0 atom stereocenters. The van der Waals surface area contributed by atoms with Gasteiger partial charge in [0, 0.05) is 6.20 Å². The van der Waals surface area contributed by atoms with Crippen LogP contribution in [0.4, 0.5) is 4.79 Å². The molecule has 0 radical (unpaired) electrons. The highest BCUT2D eigenvalue weighted by atomic mass is 16.6. The summed E-state index contributed by atoms with van der Waals surface area (Å²) in [4.78, 5) is 11.4. The van der Waals surface area contributed by atoms with E-state index >= 15 is 0 Å². The van der Waals surface area contributed by atoms with Gasteiger partial charge in [0.1, 0.15) is 5.60 Å². The van der Waals surface area contributed by atoms with Gasteiger partial charge in [-0.1, -0.05) is 13.8 Å². The zero-order valence-corrected chi connectivity index (χ0v) is 10.4. The molecule has 0 aliphatic heterocycles. The Labute approximate surface area is 91.2 Å². The van der Waals surface area contributed by atoms with Gasteiger partial charge >= 0.3 is 6.09 Å². The Balaban J connectivity index is 0.000000921. The first-order valence-corrected chi connectivity index (χ1v) is 5.13. The van der Waals surface area contributed by atoms with E-state index < -0.39 is 11.7 Å². The van der Waals surface area contributed by atoms with E-state index in [9.17, 15) is 4.79 Å². The summed E-state index contributed by atoms with van der Waals surface area (Å²) >= 11 is 0. The van der Waals surface area contributed by atoms with Gasteiger partial charge in [0.2, 0.25) is 0 Å². The third-order valence-electron chi connectivity index (χ3n) is 1.29. The van der Waals surface area contributed by atoms with Gasteiger partial charge in [-0.15, -0.1) is 0 Å². The Morgan fingerprint density at radius 2 is 1.93 bits per heavy atom. The molecular formula is C11H20N2O2. The topological polar surface area (TPSA) is 44.1 Å². The summed E-state index contributed by atoms with van der Waals surface area (Å²) in [6.45, 7) is 11.3. The molecule has 4 heteroatoms. The van der Waals surface area contributed by atoms with Crippen molar-refractivity contribution in [2.24, 2.45) is 0 Å². The van der Waals surface area contributed by atoms with Gasteiger partial charge in [0.15, 0.2) is 0 Å². The average molecular weight is 212 g/mol. The maximum atomic E-state index is 11.4. The number of carbonyl (C=O) groups excluding carboxylic acids is 1. The maximum Gasteiger partial charge on any atom is 0.435 e. The molecule has 0 fully saturated rings. The lowest BCUT2D eigenvalue weighted by Gasteiger charge is -2.18. The largest absolute Gasteiger partial charge is 0.442 e. The molecule has 4 nitrogen and oxygen atoms in total. The molecule has 0 aromatic carbocycles. The summed E-state index contributed by atoms with van der Waals surface area (Å²) in [5, 5.41) is 3.84. The van der Waals surface area contributed by atoms with E-state index in [1.807, 2.05) is 41.5 Å². The minimum Gasteiger partial charge on any atom is -0.442 e. The van der Waals surface area contributed by atoms with E-state index in [-0.39, 0.29) is 0 Å². The van der Waals surface area contributed by atoms with Crippen LogP contribution >= 0.6 is 0 Å². The number of hydrogen-bond donors (Lipinski definition) is 0. The Morgan fingerprint density at radius 1 is 1.40 bits per heavy atom. The van der Waals surface area contributed by atoms with Crippen LogP contribution in [0, 0.1) is 6.92 Å². The van der Waals surface area contributed by atoms with Crippen molar-refractivity contribution >= 4 is 6.09 Å². The maximum absolute atomic E-state index is 11.4. The number of aromatic nitrogens is 2. The predicted octanol–water partition coefficient (Wildman–Crippen LogP) is 3.00. The molecule has 1 rings (SSSR count). The second-order valence-electron chi connectivity index (χ2n) is 3.94. The highest BCUT2D eigenvalue weighted by Crippen LogP contribution is 2.08. The summed E-state index contributed by atoms with van der Waals surface area (Å²) in [5.41, 5.74) is 0.461. The van der Waals surface area contributed by atoms with Gasteiger partial charge in [0.05, 0.1) is 6.20 Å². The van der Waals surface area contributed by atoms with Crippen LogP contribution in [0.1, 0.15) is 40.2 Å². The van der Waals surface area contributed by atoms with E-state index in [0.717, 1.165) is 5.56 Å². The Bertz CT molecular complexity index is 311. The molecule has 0 saturated carbocycles. The van der Waals surface area contributed by atoms with Crippen LogP contribution in [0.15, 0.2) is 12.4 Å². The summed E-state index contributed by atoms with van der Waals surface area (Å²) in [6, 6.07) is 0. The molecule has 0 saturated heterocycles. The van der Waals surface area contributed by atoms with E-state index in [1.165, 1.54) is 4.68 Å². The lowest BCUT2D eigenvalue weighted by molar-refractivity contribution is 0.0514. The fraction of sp³-hybridized carbons (Fsp3) is 0.636. The van der Waals surface area contributed by atoms with Gasteiger partial charge in [0.25, 0.3) is 0 Å². The van der Waals surface area contributed by atoms with Crippen LogP contribution in [-0.4, -0.2) is 21.5 Å². The molecule has 0 N–H and O–H groups in total. The summed E-state index contributed by atoms with van der Waals surface area (Å²) in [7, 11) is 0. The van der Waals surface area contributed by atoms with Crippen molar-refractivity contribution in [1.82, 2.24) is 9.78 Å². The summed E-state index contributed by atoms with van der Waals surface area (Å²) in [5.74, 6) is 0. The van der Waals surface area contributed by atoms with Crippen molar-refractivity contribution in [3.63, 3.8) is 0 Å². The number of carbonyl (C=O) groups is 1. The predicted molar refractivity (Wildman–Crippen MR) is 59.9 cm³/mol. The molecule has 0 amide bonds. The van der Waals surface area contributed by atoms with Crippen molar-refractivity contribution in [2.75, 3.05) is 0 Å². The number of ether oxygens (including phenoxy) is 1. The van der Waals surface area contributed by atoms with E-state index in [1.54, 1.807) is 12.4 Å². The van der Waals surface area contributed by atoms with Crippen molar-refractivity contribution in [3.8, 4) is 0 Å². The average Bonchev–Trinajstić information content (AvgIpc) is 2.52. The van der Waals surface area contributed by atoms with Crippen LogP contribution in [-0.2, 0) is 4.74 Å². The van der Waals surface area contributed by atoms with Gasteiger partial charge in [-0.05, 0) is 33.3 Å². The van der Waals surface area contributed by atoms with Crippen molar-refractivity contribution in [3.05, 3.63) is 18.0 Å². The Hall–Kier alpha value is -1.32. The van der Waals surface area contributed by atoms with Crippen LogP contribution in [0.3, 0.4) is 0 Å². The smallest absolute Gasteiger partial charge is 0.435 e. The molecular weight excluding hydrogens is 192 g/mol. The van der Waals surface area contributed by atoms with Gasteiger partial charge in [-0.3, -0.25) is 0 Å². The standard InChI is InChI=1S/C9H14N2O2.C2H6/c1-7-5-10-11(6-7)8(12)13-9(2,3)4;1-2/h5-6H,1-4H3;1-2H3. The number of nitrogens with zero attached hydrogens (tertiary/aromatic N) is 2. The molecule has 1 aromatic heterocycles. The highest BCUT2D eigenvalue weighted by molar-refractivity contribution is 5.69. The van der Waals surface area contributed by atoms with Crippen LogP contribution in [0.25, 0.3) is 0 Å². The minimum atomic E-state index is -0.475. The molecule has 0 bridgehead atoms. The minimum absolute atomic E-state index is 0.444. The van der Waals surface area contributed by atoms with Crippen molar-refractivity contribution < 1.29 is 9.53 Å². The van der Waals surface area contributed by atoms with E-state index in [2.05, 4.69) is 5.10 Å².